The van der Waals surface area contributed by atoms with Crippen molar-refractivity contribution in [2.75, 3.05) is 5.75 Å². The second-order valence-electron chi connectivity index (χ2n) is 4.38. The van der Waals surface area contributed by atoms with Crippen molar-refractivity contribution < 1.29 is 0 Å². The molecule has 1 heterocycles. The Kier molecular flexibility index (Phi) is 5.44. The van der Waals surface area contributed by atoms with E-state index in [-0.39, 0.29) is 6.04 Å². The SMILES string of the molecule is CCCn1cc(C(CSc2ccccc2)NN)cn1. The van der Waals surface area contributed by atoms with E-state index in [0.29, 0.717) is 0 Å². The lowest BCUT2D eigenvalue weighted by molar-refractivity contribution is 0.592. The van der Waals surface area contributed by atoms with E-state index in [4.69, 9.17) is 5.84 Å². The van der Waals surface area contributed by atoms with Crippen LogP contribution in [0.3, 0.4) is 0 Å². The lowest BCUT2D eigenvalue weighted by Gasteiger charge is -2.13. The number of aryl methyl sites for hydroxylation is 1. The average molecular weight is 276 g/mol. The molecule has 1 unspecified atom stereocenters. The molecule has 0 saturated carbocycles. The standard InChI is InChI=1S/C14H20N4S/c1-2-8-18-10-12(9-16-18)14(17-15)11-19-13-6-4-3-5-7-13/h3-7,9-10,14,17H,2,8,11,15H2,1H3. The van der Waals surface area contributed by atoms with Gasteiger partial charge in [0.1, 0.15) is 0 Å². The van der Waals surface area contributed by atoms with Gasteiger partial charge in [0, 0.05) is 29.0 Å². The van der Waals surface area contributed by atoms with Crippen molar-refractivity contribution in [1.82, 2.24) is 15.2 Å². The van der Waals surface area contributed by atoms with Gasteiger partial charge in [-0.1, -0.05) is 25.1 Å². The van der Waals surface area contributed by atoms with Crippen molar-refractivity contribution in [2.24, 2.45) is 5.84 Å². The summed E-state index contributed by atoms with van der Waals surface area (Å²) < 4.78 is 1.97. The lowest BCUT2D eigenvalue weighted by Crippen LogP contribution is -2.29. The van der Waals surface area contributed by atoms with Crippen LogP contribution in [0.25, 0.3) is 0 Å². The molecule has 3 N–H and O–H groups in total. The van der Waals surface area contributed by atoms with Gasteiger partial charge in [-0.2, -0.15) is 5.10 Å². The van der Waals surface area contributed by atoms with Crippen molar-refractivity contribution in [3.63, 3.8) is 0 Å². The second-order valence-corrected chi connectivity index (χ2v) is 5.47. The summed E-state index contributed by atoms with van der Waals surface area (Å²) in [6.07, 6.45) is 5.05. The van der Waals surface area contributed by atoms with Crippen LogP contribution in [0.15, 0.2) is 47.6 Å². The highest BCUT2D eigenvalue weighted by Gasteiger charge is 2.12. The Morgan fingerprint density at radius 3 is 2.84 bits per heavy atom. The van der Waals surface area contributed by atoms with E-state index in [2.05, 4.69) is 35.8 Å². The third kappa shape index (κ3) is 4.09. The summed E-state index contributed by atoms with van der Waals surface area (Å²) in [7, 11) is 0. The van der Waals surface area contributed by atoms with Gasteiger partial charge in [-0.15, -0.1) is 11.8 Å². The molecule has 2 rings (SSSR count). The molecular formula is C14H20N4S. The Balaban J connectivity index is 1.95. The number of thioether (sulfide) groups is 1. The molecule has 0 aliphatic rings. The number of hydrogen-bond donors (Lipinski definition) is 2. The van der Waals surface area contributed by atoms with E-state index in [1.54, 1.807) is 11.8 Å². The first-order chi connectivity index (χ1) is 9.33. The zero-order chi connectivity index (χ0) is 13.5. The molecule has 0 amide bonds. The number of aromatic nitrogens is 2. The molecule has 1 atom stereocenters. The van der Waals surface area contributed by atoms with Crippen LogP contribution in [0.2, 0.25) is 0 Å². The Labute approximate surface area is 118 Å². The number of nitrogens with one attached hydrogen (secondary N) is 1. The third-order valence-corrected chi connectivity index (χ3v) is 3.97. The molecule has 0 fully saturated rings. The second kappa shape index (κ2) is 7.33. The van der Waals surface area contributed by atoms with Gasteiger partial charge in [0.2, 0.25) is 0 Å². The van der Waals surface area contributed by atoms with Gasteiger partial charge in [0.15, 0.2) is 0 Å². The molecule has 102 valence electrons. The van der Waals surface area contributed by atoms with Gasteiger partial charge in [-0.3, -0.25) is 16.0 Å². The van der Waals surface area contributed by atoms with Crippen LogP contribution in [0.1, 0.15) is 24.9 Å². The minimum Gasteiger partial charge on any atom is -0.272 e. The fourth-order valence-electron chi connectivity index (χ4n) is 1.85. The van der Waals surface area contributed by atoms with E-state index < -0.39 is 0 Å². The largest absolute Gasteiger partial charge is 0.272 e. The summed E-state index contributed by atoms with van der Waals surface area (Å²) in [4.78, 5) is 1.25. The van der Waals surface area contributed by atoms with Gasteiger partial charge < -0.3 is 0 Å². The number of hydrogen-bond acceptors (Lipinski definition) is 4. The molecule has 0 saturated heterocycles. The minimum absolute atomic E-state index is 0.121. The summed E-state index contributed by atoms with van der Waals surface area (Å²) in [6.45, 7) is 3.09. The van der Waals surface area contributed by atoms with Gasteiger partial charge >= 0.3 is 0 Å². The van der Waals surface area contributed by atoms with Crippen LogP contribution < -0.4 is 11.3 Å². The first kappa shape index (κ1) is 14.1. The Hall–Kier alpha value is -1.30. The monoisotopic (exact) mass is 276 g/mol. The number of rotatable bonds is 7. The van der Waals surface area contributed by atoms with Crippen LogP contribution in [0.5, 0.6) is 0 Å². The summed E-state index contributed by atoms with van der Waals surface area (Å²) in [5.74, 6) is 6.54. The average Bonchev–Trinajstić information content (AvgIpc) is 2.90. The summed E-state index contributed by atoms with van der Waals surface area (Å²) >= 11 is 1.79. The topological polar surface area (TPSA) is 55.9 Å². The van der Waals surface area contributed by atoms with Crippen LogP contribution in [-0.2, 0) is 6.54 Å². The molecule has 0 aliphatic heterocycles. The van der Waals surface area contributed by atoms with Gasteiger partial charge in [0.05, 0.1) is 12.2 Å². The number of nitrogens with zero attached hydrogens (tertiary/aromatic N) is 2. The van der Waals surface area contributed by atoms with Crippen molar-refractivity contribution in [3.05, 3.63) is 48.3 Å². The summed E-state index contributed by atoms with van der Waals surface area (Å²) in [6, 6.07) is 10.5. The third-order valence-electron chi connectivity index (χ3n) is 2.87. The van der Waals surface area contributed by atoms with Crippen LogP contribution in [0, 0.1) is 0 Å². The molecule has 1 aromatic carbocycles. The van der Waals surface area contributed by atoms with Crippen molar-refractivity contribution >= 4 is 11.8 Å². The lowest BCUT2D eigenvalue weighted by atomic mass is 10.2. The van der Waals surface area contributed by atoms with E-state index >= 15 is 0 Å². The normalized spacial score (nSPS) is 12.5. The quantitative estimate of drug-likeness (QED) is 0.464. The van der Waals surface area contributed by atoms with Crippen LogP contribution >= 0.6 is 11.8 Å². The number of nitrogens with two attached hydrogens (primary N) is 1. The first-order valence-corrected chi connectivity index (χ1v) is 7.48. The highest BCUT2D eigenvalue weighted by Crippen LogP contribution is 2.23. The van der Waals surface area contributed by atoms with Gasteiger partial charge in [-0.05, 0) is 18.6 Å². The molecule has 0 spiro atoms. The van der Waals surface area contributed by atoms with Crippen molar-refractivity contribution in [1.29, 1.82) is 0 Å². The minimum atomic E-state index is 0.121. The molecule has 4 nitrogen and oxygen atoms in total. The zero-order valence-electron chi connectivity index (χ0n) is 11.1. The Morgan fingerprint density at radius 2 is 2.16 bits per heavy atom. The van der Waals surface area contributed by atoms with E-state index in [1.807, 2.05) is 29.1 Å². The van der Waals surface area contributed by atoms with Gasteiger partial charge in [-0.25, -0.2) is 0 Å². The van der Waals surface area contributed by atoms with E-state index in [1.165, 1.54) is 4.90 Å². The Bertz CT molecular complexity index is 483. The van der Waals surface area contributed by atoms with Crippen LogP contribution in [-0.4, -0.2) is 15.5 Å². The first-order valence-electron chi connectivity index (χ1n) is 6.49. The molecule has 0 radical (unpaired) electrons. The van der Waals surface area contributed by atoms with Crippen molar-refractivity contribution in [3.8, 4) is 0 Å². The number of hydrazine groups is 1. The molecule has 19 heavy (non-hydrogen) atoms. The van der Waals surface area contributed by atoms with Gasteiger partial charge in [0.25, 0.3) is 0 Å². The molecule has 0 bridgehead atoms. The van der Waals surface area contributed by atoms with E-state index in [0.717, 1.165) is 24.3 Å². The highest BCUT2D eigenvalue weighted by atomic mass is 32.2. The fraction of sp³-hybridized carbons (Fsp3) is 0.357. The van der Waals surface area contributed by atoms with Crippen molar-refractivity contribution in [2.45, 2.75) is 30.8 Å². The maximum atomic E-state index is 5.65. The smallest absolute Gasteiger partial charge is 0.0584 e. The van der Waals surface area contributed by atoms with E-state index in [9.17, 15) is 0 Å². The summed E-state index contributed by atoms with van der Waals surface area (Å²) in [5.41, 5.74) is 4.01. The molecule has 2 aromatic rings. The fourth-order valence-corrected chi connectivity index (χ4v) is 2.85. The molecule has 1 aromatic heterocycles. The highest BCUT2D eigenvalue weighted by molar-refractivity contribution is 7.99. The predicted molar refractivity (Wildman–Crippen MR) is 79.7 cm³/mol. The molecule has 0 aliphatic carbocycles. The summed E-state index contributed by atoms with van der Waals surface area (Å²) in [5, 5.41) is 4.34. The van der Waals surface area contributed by atoms with Crippen LogP contribution in [0.4, 0.5) is 0 Å². The zero-order valence-corrected chi connectivity index (χ0v) is 11.9. The maximum absolute atomic E-state index is 5.65. The maximum Gasteiger partial charge on any atom is 0.0584 e. The molecular weight excluding hydrogens is 256 g/mol. The number of benzene rings is 1. The predicted octanol–water partition coefficient (Wildman–Crippen LogP) is 2.59. The molecule has 5 heteroatoms. The Morgan fingerprint density at radius 1 is 1.37 bits per heavy atom.